The van der Waals surface area contributed by atoms with Gasteiger partial charge in [0, 0.05) is 17.5 Å². The van der Waals surface area contributed by atoms with Gasteiger partial charge in [-0.2, -0.15) is 13.2 Å². The van der Waals surface area contributed by atoms with Gasteiger partial charge in [-0.1, -0.05) is 48.3 Å². The number of anilines is 1. The van der Waals surface area contributed by atoms with Gasteiger partial charge < -0.3 is 15.2 Å². The van der Waals surface area contributed by atoms with Gasteiger partial charge in [0.05, 0.1) is 35.1 Å². The number of rotatable bonds is 8. The summed E-state index contributed by atoms with van der Waals surface area (Å²) in [4.78, 5) is 24.6. The SMILES string of the molecule is C[C@H]([C@H](C(=O)Nc1cc([C@@H](CC(=O)O)[C@@H]2CCCO2)ccc1Cl)c1ccc(Cl)cc1)C(F)(F)F. The Hall–Kier alpha value is -2.29. The summed E-state index contributed by atoms with van der Waals surface area (Å²) in [7, 11) is 0. The van der Waals surface area contributed by atoms with Crippen molar-refractivity contribution in [2.24, 2.45) is 5.92 Å². The third-order valence-corrected chi connectivity index (χ3v) is 6.59. The first-order valence-electron chi connectivity index (χ1n) is 10.7. The molecule has 3 rings (SSSR count). The number of nitrogens with one attached hydrogen (secondary N) is 1. The summed E-state index contributed by atoms with van der Waals surface area (Å²) in [6, 6.07) is 10.2. The molecule has 1 fully saturated rings. The molecule has 2 aromatic rings. The first-order valence-corrected chi connectivity index (χ1v) is 11.5. The number of carboxylic acids is 1. The predicted molar refractivity (Wildman–Crippen MR) is 123 cm³/mol. The minimum atomic E-state index is -4.63. The Kier molecular flexibility index (Phi) is 8.49. The number of amides is 1. The third kappa shape index (κ3) is 6.43. The summed E-state index contributed by atoms with van der Waals surface area (Å²) in [6.45, 7) is 1.47. The molecule has 0 aliphatic carbocycles. The van der Waals surface area contributed by atoms with E-state index in [1.807, 2.05) is 0 Å². The second kappa shape index (κ2) is 11.0. The van der Waals surface area contributed by atoms with Crippen molar-refractivity contribution in [1.29, 1.82) is 0 Å². The number of hydrogen-bond acceptors (Lipinski definition) is 3. The zero-order chi connectivity index (χ0) is 25.0. The number of aliphatic carboxylic acids is 1. The topological polar surface area (TPSA) is 75.6 Å². The van der Waals surface area contributed by atoms with E-state index in [9.17, 15) is 27.9 Å². The Morgan fingerprint density at radius 2 is 1.79 bits per heavy atom. The highest BCUT2D eigenvalue weighted by Gasteiger charge is 2.45. The van der Waals surface area contributed by atoms with Crippen LogP contribution in [0.2, 0.25) is 10.0 Å². The fourth-order valence-electron chi connectivity index (χ4n) is 4.18. The van der Waals surface area contributed by atoms with Crippen LogP contribution in [0.15, 0.2) is 42.5 Å². The average Bonchev–Trinajstić information content (AvgIpc) is 3.29. The van der Waals surface area contributed by atoms with Crippen molar-refractivity contribution in [3.63, 3.8) is 0 Å². The summed E-state index contributed by atoms with van der Waals surface area (Å²) < 4.78 is 46.5. The fraction of sp³-hybridized carbons (Fsp3) is 0.417. The van der Waals surface area contributed by atoms with Crippen LogP contribution in [0.5, 0.6) is 0 Å². The van der Waals surface area contributed by atoms with Crippen LogP contribution >= 0.6 is 23.2 Å². The number of hydrogen-bond donors (Lipinski definition) is 2. The van der Waals surface area contributed by atoms with Crippen molar-refractivity contribution in [2.45, 2.75) is 50.3 Å². The standard InChI is InChI=1S/C24H24Cl2F3NO4/c1-13(24(27,28)29)22(14-4-7-16(25)8-5-14)23(33)30-19-11-15(6-9-18(19)26)17(12-21(31)32)20-3-2-10-34-20/h4-9,11,13,17,20,22H,2-3,10,12H2,1H3,(H,30,33)(H,31,32)/t13-,17-,20+,22+/m1/s1. The Morgan fingerprint density at radius 3 is 2.35 bits per heavy atom. The summed E-state index contributed by atoms with van der Waals surface area (Å²) in [6.07, 6.45) is -3.65. The molecule has 4 atom stereocenters. The summed E-state index contributed by atoms with van der Waals surface area (Å²) in [5.41, 5.74) is 0.828. The smallest absolute Gasteiger partial charge is 0.392 e. The van der Waals surface area contributed by atoms with E-state index >= 15 is 0 Å². The number of ether oxygens (including phenoxy) is 1. The molecule has 1 saturated heterocycles. The van der Waals surface area contributed by atoms with Crippen LogP contribution < -0.4 is 5.32 Å². The third-order valence-electron chi connectivity index (χ3n) is 6.01. The summed E-state index contributed by atoms with van der Waals surface area (Å²) >= 11 is 12.1. The van der Waals surface area contributed by atoms with Gasteiger partial charge in [0.15, 0.2) is 0 Å². The molecular weight excluding hydrogens is 494 g/mol. The maximum absolute atomic E-state index is 13.6. The molecule has 0 aromatic heterocycles. The van der Waals surface area contributed by atoms with Crippen LogP contribution in [0.4, 0.5) is 18.9 Å². The molecule has 1 amide bonds. The molecule has 0 spiro atoms. The van der Waals surface area contributed by atoms with Gasteiger partial charge in [0.25, 0.3) is 0 Å². The fourth-order valence-corrected chi connectivity index (χ4v) is 4.47. The highest BCUT2D eigenvalue weighted by Crippen LogP contribution is 2.40. The second-order valence-electron chi connectivity index (χ2n) is 8.34. The van der Waals surface area contributed by atoms with E-state index in [0.29, 0.717) is 23.6 Å². The van der Waals surface area contributed by atoms with E-state index in [1.165, 1.54) is 36.4 Å². The van der Waals surface area contributed by atoms with Crippen LogP contribution in [-0.4, -0.2) is 35.9 Å². The number of carbonyl (C=O) groups excluding carboxylic acids is 1. The quantitative estimate of drug-likeness (QED) is 0.410. The van der Waals surface area contributed by atoms with E-state index in [1.54, 1.807) is 6.07 Å². The van der Waals surface area contributed by atoms with Crippen LogP contribution in [0.1, 0.15) is 49.1 Å². The first-order chi connectivity index (χ1) is 16.0. The van der Waals surface area contributed by atoms with Gasteiger partial charge in [0.2, 0.25) is 5.91 Å². The molecule has 10 heteroatoms. The van der Waals surface area contributed by atoms with E-state index in [2.05, 4.69) is 5.32 Å². The molecule has 1 aliphatic heterocycles. The van der Waals surface area contributed by atoms with Gasteiger partial charge in [-0.3, -0.25) is 9.59 Å². The molecule has 1 heterocycles. The minimum Gasteiger partial charge on any atom is -0.481 e. The van der Waals surface area contributed by atoms with Crippen molar-refractivity contribution in [1.82, 2.24) is 0 Å². The maximum Gasteiger partial charge on any atom is 0.392 e. The molecule has 2 N–H and O–H groups in total. The van der Waals surface area contributed by atoms with Gasteiger partial charge in [0.1, 0.15) is 0 Å². The number of benzene rings is 2. The van der Waals surface area contributed by atoms with Gasteiger partial charge in [-0.05, 0) is 48.2 Å². The molecule has 0 saturated carbocycles. The normalized spacial score (nSPS) is 18.8. The second-order valence-corrected chi connectivity index (χ2v) is 9.19. The van der Waals surface area contributed by atoms with Crippen LogP contribution in [-0.2, 0) is 14.3 Å². The molecule has 0 bridgehead atoms. The van der Waals surface area contributed by atoms with Gasteiger partial charge in [-0.15, -0.1) is 0 Å². The molecule has 0 unspecified atom stereocenters. The van der Waals surface area contributed by atoms with Crippen molar-refractivity contribution in [3.05, 3.63) is 63.6 Å². The lowest BCUT2D eigenvalue weighted by atomic mass is 9.85. The number of carboxylic acid groups (broad SMARTS) is 1. The van der Waals surface area contributed by atoms with Crippen molar-refractivity contribution >= 4 is 40.8 Å². The Morgan fingerprint density at radius 1 is 1.15 bits per heavy atom. The average molecular weight is 518 g/mol. The van der Waals surface area contributed by atoms with E-state index in [4.69, 9.17) is 27.9 Å². The number of halogens is 5. The summed E-state index contributed by atoms with van der Waals surface area (Å²) in [5, 5.41) is 12.3. The molecular formula is C24H24Cl2F3NO4. The van der Waals surface area contributed by atoms with Gasteiger partial charge >= 0.3 is 12.1 Å². The van der Waals surface area contributed by atoms with Crippen molar-refractivity contribution in [3.8, 4) is 0 Å². The first kappa shape index (κ1) is 26.3. The number of alkyl halides is 3. The zero-order valence-electron chi connectivity index (χ0n) is 18.2. The largest absolute Gasteiger partial charge is 0.481 e. The zero-order valence-corrected chi connectivity index (χ0v) is 19.8. The molecule has 184 valence electrons. The number of carbonyl (C=O) groups is 2. The van der Waals surface area contributed by atoms with Crippen LogP contribution in [0.3, 0.4) is 0 Å². The van der Waals surface area contributed by atoms with E-state index in [0.717, 1.165) is 13.3 Å². The van der Waals surface area contributed by atoms with Crippen molar-refractivity contribution < 1.29 is 32.6 Å². The van der Waals surface area contributed by atoms with Crippen LogP contribution in [0.25, 0.3) is 0 Å². The lowest BCUT2D eigenvalue weighted by Crippen LogP contribution is -2.34. The predicted octanol–water partition coefficient (Wildman–Crippen LogP) is 6.65. The van der Waals surface area contributed by atoms with Crippen LogP contribution in [0, 0.1) is 5.92 Å². The Balaban J connectivity index is 1.93. The van der Waals surface area contributed by atoms with Gasteiger partial charge in [-0.25, -0.2) is 0 Å². The lowest BCUT2D eigenvalue weighted by Gasteiger charge is -2.26. The van der Waals surface area contributed by atoms with Crippen molar-refractivity contribution in [2.75, 3.05) is 11.9 Å². The van der Waals surface area contributed by atoms with E-state index in [-0.39, 0.29) is 28.8 Å². The van der Waals surface area contributed by atoms with E-state index < -0.39 is 35.8 Å². The summed E-state index contributed by atoms with van der Waals surface area (Å²) in [5.74, 6) is -5.93. The molecule has 0 radical (unpaired) electrons. The highest BCUT2D eigenvalue weighted by atomic mass is 35.5. The monoisotopic (exact) mass is 517 g/mol. The molecule has 34 heavy (non-hydrogen) atoms. The highest BCUT2D eigenvalue weighted by molar-refractivity contribution is 6.33. The Labute approximate surface area is 205 Å². The molecule has 1 aliphatic rings. The minimum absolute atomic E-state index is 0.103. The Bertz CT molecular complexity index is 1020. The molecule has 5 nitrogen and oxygen atoms in total. The molecule has 2 aromatic carbocycles. The lowest BCUT2D eigenvalue weighted by molar-refractivity contribution is -0.178. The maximum atomic E-state index is 13.6.